The van der Waals surface area contributed by atoms with Gasteiger partial charge in [0.15, 0.2) is 10.9 Å². The molecule has 3 nitrogen and oxygen atoms in total. The van der Waals surface area contributed by atoms with Crippen LogP contribution in [0.4, 0.5) is 5.69 Å². The number of benzene rings is 1. The predicted molar refractivity (Wildman–Crippen MR) is 83.7 cm³/mol. The third-order valence-electron chi connectivity index (χ3n) is 2.36. The van der Waals surface area contributed by atoms with E-state index in [1.165, 1.54) is 0 Å². The van der Waals surface area contributed by atoms with Crippen LogP contribution in [-0.4, -0.2) is 29.4 Å². The molecule has 0 radical (unpaired) electrons. The van der Waals surface area contributed by atoms with Gasteiger partial charge in [-0.25, -0.2) is 0 Å². The first-order chi connectivity index (χ1) is 8.63. The van der Waals surface area contributed by atoms with Gasteiger partial charge in [0.1, 0.15) is 0 Å². The summed E-state index contributed by atoms with van der Waals surface area (Å²) < 4.78 is 0. The van der Waals surface area contributed by atoms with Crippen molar-refractivity contribution in [1.29, 1.82) is 0 Å². The van der Waals surface area contributed by atoms with E-state index in [1.54, 1.807) is 19.1 Å². The predicted octanol–water partition coefficient (Wildman–Crippen LogP) is 2.93. The Morgan fingerprint density at radius 2 is 2.00 bits per heavy atom. The summed E-state index contributed by atoms with van der Waals surface area (Å²) in [5.41, 5.74) is 1.60. The fraction of sp³-hybridized carbons (Fsp3) is 0.385. The van der Waals surface area contributed by atoms with Gasteiger partial charge in [-0.2, -0.15) is 11.8 Å². The molecular weight excluding hydrogens is 264 g/mol. The van der Waals surface area contributed by atoms with Crippen LogP contribution < -0.4 is 10.6 Å². The zero-order chi connectivity index (χ0) is 13.4. The Bertz CT molecular complexity index is 404. The molecule has 0 aromatic heterocycles. The lowest BCUT2D eigenvalue weighted by Gasteiger charge is -2.10. The van der Waals surface area contributed by atoms with Gasteiger partial charge in [0.25, 0.3) is 0 Å². The van der Waals surface area contributed by atoms with Crippen molar-refractivity contribution in [2.24, 2.45) is 0 Å². The van der Waals surface area contributed by atoms with Crippen LogP contribution in [0.2, 0.25) is 0 Å². The van der Waals surface area contributed by atoms with Gasteiger partial charge in [0, 0.05) is 17.8 Å². The molecule has 0 unspecified atom stereocenters. The van der Waals surface area contributed by atoms with E-state index in [0.717, 1.165) is 24.4 Å². The van der Waals surface area contributed by atoms with Crippen LogP contribution in [0.25, 0.3) is 0 Å². The number of rotatable bonds is 6. The minimum atomic E-state index is 0.0688. The monoisotopic (exact) mass is 282 g/mol. The molecule has 0 saturated carbocycles. The Kier molecular flexibility index (Phi) is 6.75. The number of ketones is 1. The van der Waals surface area contributed by atoms with Gasteiger partial charge in [-0.1, -0.05) is 0 Å². The molecule has 0 aliphatic rings. The Hall–Kier alpha value is -1.07. The van der Waals surface area contributed by atoms with Crippen molar-refractivity contribution in [2.75, 3.05) is 23.9 Å². The van der Waals surface area contributed by atoms with Crippen LogP contribution >= 0.6 is 24.0 Å². The highest BCUT2D eigenvalue weighted by Gasteiger charge is 2.00. The molecule has 0 spiro atoms. The van der Waals surface area contributed by atoms with Crippen LogP contribution in [-0.2, 0) is 0 Å². The molecule has 18 heavy (non-hydrogen) atoms. The molecular formula is C13H18N2OS2. The highest BCUT2D eigenvalue weighted by atomic mass is 32.2. The lowest BCUT2D eigenvalue weighted by molar-refractivity contribution is 0.101. The summed E-state index contributed by atoms with van der Waals surface area (Å²) in [6.45, 7) is 2.43. The smallest absolute Gasteiger partial charge is 0.170 e. The van der Waals surface area contributed by atoms with E-state index in [-0.39, 0.29) is 5.78 Å². The van der Waals surface area contributed by atoms with Crippen LogP contribution in [0.3, 0.4) is 0 Å². The third kappa shape index (κ3) is 5.51. The second-order valence-corrected chi connectivity index (χ2v) is 5.25. The Morgan fingerprint density at radius 1 is 1.33 bits per heavy atom. The van der Waals surface area contributed by atoms with Gasteiger partial charge in [-0.15, -0.1) is 0 Å². The Labute approximate surface area is 118 Å². The second kappa shape index (κ2) is 8.11. The summed E-state index contributed by atoms with van der Waals surface area (Å²) in [4.78, 5) is 11.1. The topological polar surface area (TPSA) is 41.1 Å². The fourth-order valence-electron chi connectivity index (χ4n) is 1.38. The SMILES string of the molecule is CSCCCNC(=S)Nc1ccc(C(C)=O)cc1. The van der Waals surface area contributed by atoms with Crippen LogP contribution in [0, 0.1) is 0 Å². The fourth-order valence-corrected chi connectivity index (χ4v) is 2.03. The summed E-state index contributed by atoms with van der Waals surface area (Å²) in [6.07, 6.45) is 3.18. The number of thioether (sulfide) groups is 1. The van der Waals surface area contributed by atoms with Crippen molar-refractivity contribution >= 4 is 40.6 Å². The average Bonchev–Trinajstić information content (AvgIpc) is 2.35. The molecule has 0 bridgehead atoms. The highest BCUT2D eigenvalue weighted by molar-refractivity contribution is 7.98. The van der Waals surface area contributed by atoms with E-state index in [9.17, 15) is 4.79 Å². The first-order valence-corrected chi connectivity index (χ1v) is 7.58. The number of hydrogen-bond donors (Lipinski definition) is 2. The maximum Gasteiger partial charge on any atom is 0.170 e. The molecule has 98 valence electrons. The number of carbonyl (C=O) groups excluding carboxylic acids is 1. The molecule has 1 aromatic carbocycles. The zero-order valence-corrected chi connectivity index (χ0v) is 12.3. The summed E-state index contributed by atoms with van der Waals surface area (Å²) in [5, 5.41) is 6.85. The third-order valence-corrected chi connectivity index (χ3v) is 3.30. The molecule has 0 heterocycles. The molecule has 1 rings (SSSR count). The molecule has 5 heteroatoms. The van der Waals surface area contributed by atoms with Gasteiger partial charge >= 0.3 is 0 Å². The average molecular weight is 282 g/mol. The van der Waals surface area contributed by atoms with E-state index in [1.807, 2.05) is 23.9 Å². The van der Waals surface area contributed by atoms with Gasteiger partial charge in [-0.3, -0.25) is 4.79 Å². The molecule has 2 N–H and O–H groups in total. The number of anilines is 1. The van der Waals surface area contributed by atoms with Crippen molar-refractivity contribution in [2.45, 2.75) is 13.3 Å². The van der Waals surface area contributed by atoms with Crippen LogP contribution in [0.1, 0.15) is 23.7 Å². The minimum absolute atomic E-state index is 0.0688. The van der Waals surface area contributed by atoms with E-state index >= 15 is 0 Å². The Balaban J connectivity index is 2.37. The number of carbonyl (C=O) groups is 1. The van der Waals surface area contributed by atoms with Gasteiger partial charge < -0.3 is 10.6 Å². The quantitative estimate of drug-likeness (QED) is 0.477. The Morgan fingerprint density at radius 3 is 2.56 bits per heavy atom. The summed E-state index contributed by atoms with van der Waals surface area (Å²) in [7, 11) is 0. The molecule has 0 saturated heterocycles. The molecule has 1 aromatic rings. The lowest BCUT2D eigenvalue weighted by atomic mass is 10.1. The van der Waals surface area contributed by atoms with Crippen LogP contribution in [0.15, 0.2) is 24.3 Å². The maximum absolute atomic E-state index is 11.1. The standard InChI is InChI=1S/C13H18N2OS2/c1-10(16)11-4-6-12(7-5-11)15-13(17)14-8-3-9-18-2/h4-7H,3,8-9H2,1-2H3,(H2,14,15,17). The van der Waals surface area contributed by atoms with Gasteiger partial charge in [0.05, 0.1) is 0 Å². The van der Waals surface area contributed by atoms with Gasteiger partial charge in [-0.05, 0) is 61.8 Å². The molecule has 0 aliphatic heterocycles. The summed E-state index contributed by atoms with van der Waals surface area (Å²) >= 11 is 7.00. The van der Waals surface area contributed by atoms with Crippen molar-refractivity contribution in [1.82, 2.24) is 5.32 Å². The minimum Gasteiger partial charge on any atom is -0.362 e. The zero-order valence-electron chi connectivity index (χ0n) is 10.7. The van der Waals surface area contributed by atoms with Crippen molar-refractivity contribution in [3.8, 4) is 0 Å². The van der Waals surface area contributed by atoms with E-state index in [2.05, 4.69) is 16.9 Å². The number of thiocarbonyl (C=S) groups is 1. The molecule has 0 amide bonds. The number of hydrogen-bond acceptors (Lipinski definition) is 3. The molecule has 0 atom stereocenters. The maximum atomic E-state index is 11.1. The second-order valence-electron chi connectivity index (χ2n) is 3.86. The van der Waals surface area contributed by atoms with Gasteiger partial charge in [0.2, 0.25) is 0 Å². The summed E-state index contributed by atoms with van der Waals surface area (Å²) in [6, 6.07) is 7.29. The first kappa shape index (κ1) is 15.0. The summed E-state index contributed by atoms with van der Waals surface area (Å²) in [5.74, 6) is 1.20. The molecule has 0 fully saturated rings. The van der Waals surface area contributed by atoms with Crippen molar-refractivity contribution in [3.05, 3.63) is 29.8 Å². The number of nitrogens with one attached hydrogen (secondary N) is 2. The lowest BCUT2D eigenvalue weighted by Crippen LogP contribution is -2.29. The van der Waals surface area contributed by atoms with Crippen molar-refractivity contribution in [3.63, 3.8) is 0 Å². The normalized spacial score (nSPS) is 9.89. The van der Waals surface area contributed by atoms with E-state index < -0.39 is 0 Å². The number of Topliss-reactive ketones (excluding diaryl/α,β-unsaturated/α-hetero) is 1. The van der Waals surface area contributed by atoms with Crippen LogP contribution in [0.5, 0.6) is 0 Å². The highest BCUT2D eigenvalue weighted by Crippen LogP contribution is 2.09. The van der Waals surface area contributed by atoms with E-state index in [0.29, 0.717) is 10.7 Å². The van der Waals surface area contributed by atoms with Crippen molar-refractivity contribution < 1.29 is 4.79 Å². The molecule has 0 aliphatic carbocycles. The first-order valence-electron chi connectivity index (χ1n) is 5.78. The van der Waals surface area contributed by atoms with E-state index in [4.69, 9.17) is 12.2 Å². The largest absolute Gasteiger partial charge is 0.362 e.